The number of halogens is 3. The van der Waals surface area contributed by atoms with Crippen LogP contribution >= 0.6 is 0 Å². The normalized spacial score (nSPS) is 27.1. The van der Waals surface area contributed by atoms with Crippen LogP contribution in [-0.2, 0) is 0 Å². The maximum atomic E-state index is 12.4. The zero-order valence-electron chi connectivity index (χ0n) is 11.3. The van der Waals surface area contributed by atoms with Gasteiger partial charge in [0.2, 0.25) is 0 Å². The van der Waals surface area contributed by atoms with Gasteiger partial charge in [-0.3, -0.25) is 4.90 Å². The largest absolute Gasteiger partial charge is 0.401 e. The van der Waals surface area contributed by atoms with Crippen LogP contribution in [0.4, 0.5) is 19.0 Å². The van der Waals surface area contributed by atoms with E-state index in [0.29, 0.717) is 24.9 Å². The van der Waals surface area contributed by atoms with Crippen molar-refractivity contribution in [3.8, 4) is 0 Å². The fourth-order valence-electron chi connectivity index (χ4n) is 3.28. The molecule has 1 aromatic rings. The van der Waals surface area contributed by atoms with Crippen LogP contribution in [0.5, 0.6) is 0 Å². The van der Waals surface area contributed by atoms with Gasteiger partial charge in [0.1, 0.15) is 11.6 Å². The summed E-state index contributed by atoms with van der Waals surface area (Å²) in [6.45, 7) is 3.69. The molecule has 110 valence electrons. The number of aromatic nitrogens is 2. The Hall–Kier alpha value is -1.37. The standard InChI is InChI=1S/C13H17F3N4/c1-9-17-3-2-12(18-9)20-6-10-4-19(5-11(10)7-20)8-13(14,15)16/h2-3,10-11H,4-8H2,1H3. The third kappa shape index (κ3) is 2.87. The average Bonchev–Trinajstić information content (AvgIpc) is 2.84. The highest BCUT2D eigenvalue weighted by Gasteiger charge is 2.43. The summed E-state index contributed by atoms with van der Waals surface area (Å²) in [5.74, 6) is 2.23. The minimum absolute atomic E-state index is 0.313. The maximum Gasteiger partial charge on any atom is 0.401 e. The van der Waals surface area contributed by atoms with Gasteiger partial charge in [-0.25, -0.2) is 9.97 Å². The van der Waals surface area contributed by atoms with E-state index in [1.54, 1.807) is 6.20 Å². The predicted molar refractivity (Wildman–Crippen MR) is 68.5 cm³/mol. The van der Waals surface area contributed by atoms with Gasteiger partial charge in [-0.15, -0.1) is 0 Å². The topological polar surface area (TPSA) is 32.3 Å². The van der Waals surface area contributed by atoms with Gasteiger partial charge >= 0.3 is 6.18 Å². The first-order chi connectivity index (χ1) is 9.40. The Kier molecular flexibility index (Phi) is 3.32. The Morgan fingerprint density at radius 1 is 1.20 bits per heavy atom. The Morgan fingerprint density at radius 3 is 2.40 bits per heavy atom. The van der Waals surface area contributed by atoms with Crippen LogP contribution in [0, 0.1) is 18.8 Å². The molecule has 20 heavy (non-hydrogen) atoms. The molecular formula is C13H17F3N4. The van der Waals surface area contributed by atoms with E-state index in [0.717, 1.165) is 24.7 Å². The van der Waals surface area contributed by atoms with Crippen LogP contribution in [0.2, 0.25) is 0 Å². The molecule has 2 unspecified atom stereocenters. The monoisotopic (exact) mass is 286 g/mol. The lowest BCUT2D eigenvalue weighted by molar-refractivity contribution is -0.144. The van der Waals surface area contributed by atoms with Gasteiger partial charge < -0.3 is 4.90 Å². The second-order valence-corrected chi connectivity index (χ2v) is 5.70. The molecule has 2 atom stereocenters. The van der Waals surface area contributed by atoms with E-state index in [-0.39, 0.29) is 0 Å². The van der Waals surface area contributed by atoms with Crippen LogP contribution in [0.25, 0.3) is 0 Å². The van der Waals surface area contributed by atoms with E-state index in [1.165, 1.54) is 4.90 Å². The first kappa shape index (κ1) is 13.6. The lowest BCUT2D eigenvalue weighted by Crippen LogP contribution is -2.35. The first-order valence-corrected chi connectivity index (χ1v) is 6.74. The molecule has 1 aromatic heterocycles. The summed E-state index contributed by atoms with van der Waals surface area (Å²) in [7, 11) is 0. The molecule has 2 aliphatic rings. The van der Waals surface area contributed by atoms with Crippen LogP contribution in [-0.4, -0.2) is 53.8 Å². The molecule has 2 saturated heterocycles. The maximum absolute atomic E-state index is 12.4. The number of aryl methyl sites for hydroxylation is 1. The van der Waals surface area contributed by atoms with Crippen LogP contribution in [0.3, 0.4) is 0 Å². The zero-order chi connectivity index (χ0) is 14.3. The molecule has 0 N–H and O–H groups in total. The van der Waals surface area contributed by atoms with Crippen molar-refractivity contribution in [1.29, 1.82) is 0 Å². The number of anilines is 1. The Labute approximate surface area is 115 Å². The van der Waals surface area contributed by atoms with Crippen molar-refractivity contribution in [2.45, 2.75) is 13.1 Å². The van der Waals surface area contributed by atoms with Crippen LogP contribution < -0.4 is 4.90 Å². The van der Waals surface area contributed by atoms with E-state index < -0.39 is 12.7 Å². The average molecular weight is 286 g/mol. The molecule has 0 amide bonds. The molecule has 0 spiro atoms. The molecule has 3 heterocycles. The van der Waals surface area contributed by atoms with E-state index in [2.05, 4.69) is 14.9 Å². The lowest BCUT2D eigenvalue weighted by Gasteiger charge is -2.23. The summed E-state index contributed by atoms with van der Waals surface area (Å²) < 4.78 is 37.2. The van der Waals surface area contributed by atoms with E-state index in [1.807, 2.05) is 13.0 Å². The molecular weight excluding hydrogens is 269 g/mol. The van der Waals surface area contributed by atoms with Crippen molar-refractivity contribution in [3.63, 3.8) is 0 Å². The van der Waals surface area contributed by atoms with E-state index >= 15 is 0 Å². The third-order valence-corrected chi connectivity index (χ3v) is 4.05. The van der Waals surface area contributed by atoms with Crippen molar-refractivity contribution >= 4 is 5.82 Å². The molecule has 0 bridgehead atoms. The number of alkyl halides is 3. The van der Waals surface area contributed by atoms with Gasteiger partial charge in [0.15, 0.2) is 0 Å². The van der Waals surface area contributed by atoms with Crippen molar-refractivity contribution in [3.05, 3.63) is 18.1 Å². The molecule has 0 radical (unpaired) electrons. The molecule has 7 heteroatoms. The van der Waals surface area contributed by atoms with E-state index in [4.69, 9.17) is 0 Å². The number of hydrogen-bond acceptors (Lipinski definition) is 4. The van der Waals surface area contributed by atoms with Gasteiger partial charge in [0.05, 0.1) is 6.54 Å². The van der Waals surface area contributed by atoms with Crippen LogP contribution in [0.1, 0.15) is 5.82 Å². The second-order valence-electron chi connectivity index (χ2n) is 5.70. The molecule has 0 saturated carbocycles. The van der Waals surface area contributed by atoms with Gasteiger partial charge in [-0.2, -0.15) is 13.2 Å². The summed E-state index contributed by atoms with van der Waals surface area (Å²) in [5.41, 5.74) is 0. The molecule has 2 aliphatic heterocycles. The fourth-order valence-corrected chi connectivity index (χ4v) is 3.28. The molecule has 2 fully saturated rings. The van der Waals surface area contributed by atoms with E-state index in [9.17, 15) is 13.2 Å². The molecule has 0 aromatic carbocycles. The summed E-state index contributed by atoms with van der Waals surface area (Å²) >= 11 is 0. The summed E-state index contributed by atoms with van der Waals surface area (Å²) in [6, 6.07) is 1.86. The number of hydrogen-bond donors (Lipinski definition) is 0. The fraction of sp³-hybridized carbons (Fsp3) is 0.692. The van der Waals surface area contributed by atoms with Gasteiger partial charge in [0, 0.05) is 32.4 Å². The second kappa shape index (κ2) is 4.87. The lowest BCUT2D eigenvalue weighted by atomic mass is 10.0. The van der Waals surface area contributed by atoms with Crippen LogP contribution in [0.15, 0.2) is 12.3 Å². The summed E-state index contributed by atoms with van der Waals surface area (Å²) in [6.07, 6.45) is -2.37. The van der Waals surface area contributed by atoms with Crippen molar-refractivity contribution in [2.24, 2.45) is 11.8 Å². The Bertz CT molecular complexity index is 477. The number of nitrogens with zero attached hydrogens (tertiary/aromatic N) is 4. The smallest absolute Gasteiger partial charge is 0.356 e. The number of rotatable bonds is 2. The first-order valence-electron chi connectivity index (χ1n) is 6.74. The van der Waals surface area contributed by atoms with Crippen molar-refractivity contribution in [2.75, 3.05) is 37.6 Å². The van der Waals surface area contributed by atoms with Crippen molar-refractivity contribution < 1.29 is 13.2 Å². The Morgan fingerprint density at radius 2 is 1.85 bits per heavy atom. The quantitative estimate of drug-likeness (QED) is 0.828. The summed E-state index contributed by atoms with van der Waals surface area (Å²) in [5, 5.41) is 0. The van der Waals surface area contributed by atoms with Crippen molar-refractivity contribution in [1.82, 2.24) is 14.9 Å². The number of fused-ring (bicyclic) bond motifs is 1. The zero-order valence-corrected chi connectivity index (χ0v) is 11.3. The van der Waals surface area contributed by atoms with Gasteiger partial charge in [0.25, 0.3) is 0 Å². The highest BCUT2D eigenvalue weighted by Crippen LogP contribution is 2.34. The Balaban J connectivity index is 1.61. The minimum atomic E-state index is -4.10. The minimum Gasteiger partial charge on any atom is -0.356 e. The molecule has 3 rings (SSSR count). The predicted octanol–water partition coefficient (Wildman–Crippen LogP) is 1.72. The molecule has 0 aliphatic carbocycles. The van der Waals surface area contributed by atoms with Gasteiger partial charge in [-0.05, 0) is 24.8 Å². The number of likely N-dealkylation sites (tertiary alicyclic amines) is 1. The molecule has 4 nitrogen and oxygen atoms in total. The van der Waals surface area contributed by atoms with Gasteiger partial charge in [-0.1, -0.05) is 0 Å². The summed E-state index contributed by atoms with van der Waals surface area (Å²) in [4.78, 5) is 12.1. The highest BCUT2D eigenvalue weighted by atomic mass is 19.4. The third-order valence-electron chi connectivity index (χ3n) is 4.05. The SMILES string of the molecule is Cc1nccc(N2CC3CN(CC(F)(F)F)CC3C2)n1. The highest BCUT2D eigenvalue weighted by molar-refractivity contribution is 5.39.